The van der Waals surface area contributed by atoms with E-state index in [-0.39, 0.29) is 50.0 Å². The lowest BCUT2D eigenvalue weighted by Crippen LogP contribution is -2.10. The predicted molar refractivity (Wildman–Crippen MR) is 152 cm³/mol. The molecule has 0 spiro atoms. The van der Waals surface area contributed by atoms with Gasteiger partial charge in [-0.3, -0.25) is 0 Å². The van der Waals surface area contributed by atoms with Crippen molar-refractivity contribution in [2.24, 2.45) is 0 Å². The van der Waals surface area contributed by atoms with Crippen LogP contribution in [0.15, 0.2) is 135 Å². The van der Waals surface area contributed by atoms with E-state index in [9.17, 15) is 21.9 Å². The Morgan fingerprint density at radius 3 is 1.61 bits per heavy atom. The second kappa shape index (κ2) is 10.4. The lowest BCUT2D eigenvalue weighted by atomic mass is 10.0. The number of hydrogen-bond donors (Lipinski definition) is 1. The van der Waals surface area contributed by atoms with Crippen LogP contribution in [0.1, 0.15) is 11.1 Å². The van der Waals surface area contributed by atoms with Crippen molar-refractivity contribution in [1.82, 2.24) is 0 Å². The molecule has 41 heavy (non-hydrogen) atoms. The SMILES string of the molecule is O=S(=O)(c1ccc(O)cc1)c1ccc(-c2ccc(S(=O)(=O)c3ccccc3)c3c2OCc2ccc(cc2)CO3)cc1. The molecule has 0 radical (unpaired) electrons. The van der Waals surface area contributed by atoms with Crippen LogP contribution in [0.5, 0.6) is 17.2 Å². The Balaban J connectivity index is 1.47. The molecule has 0 aliphatic carbocycles. The topological polar surface area (TPSA) is 107 Å². The van der Waals surface area contributed by atoms with Gasteiger partial charge in [-0.2, -0.15) is 0 Å². The van der Waals surface area contributed by atoms with Crippen molar-refractivity contribution in [3.8, 4) is 28.4 Å². The largest absolute Gasteiger partial charge is 0.508 e. The summed E-state index contributed by atoms with van der Waals surface area (Å²) in [5, 5.41) is 9.53. The van der Waals surface area contributed by atoms with Crippen molar-refractivity contribution in [3.05, 3.63) is 126 Å². The molecule has 0 unspecified atom stereocenters. The molecule has 0 atom stereocenters. The third-order valence-corrected chi connectivity index (χ3v) is 10.4. The summed E-state index contributed by atoms with van der Waals surface area (Å²) in [6.45, 7) is 0.299. The standard InChI is InChI=1S/C32H24O7S2/c33-25-12-16-28(17-13-25)40(34,35)27-14-10-24(11-15-27)29-18-19-30(41(36,37)26-4-2-1-3-5-26)32-31(29)38-20-22-6-8-23(9-7-22)21-39-32/h1-19,33H,20-21H2. The first-order valence-corrected chi connectivity index (χ1v) is 15.7. The van der Waals surface area contributed by atoms with Crippen LogP contribution in [-0.4, -0.2) is 21.9 Å². The van der Waals surface area contributed by atoms with Crippen molar-refractivity contribution < 1.29 is 31.4 Å². The van der Waals surface area contributed by atoms with Crippen LogP contribution >= 0.6 is 0 Å². The van der Waals surface area contributed by atoms with Gasteiger partial charge in [0, 0.05) is 5.56 Å². The quantitative estimate of drug-likeness (QED) is 0.262. The van der Waals surface area contributed by atoms with Crippen LogP contribution in [0.2, 0.25) is 0 Å². The highest BCUT2D eigenvalue weighted by atomic mass is 32.2. The fourth-order valence-corrected chi connectivity index (χ4v) is 7.28. The number of benzene rings is 5. The maximum absolute atomic E-state index is 13.7. The fourth-order valence-electron chi connectivity index (χ4n) is 4.61. The Hall–Kier alpha value is -4.60. The van der Waals surface area contributed by atoms with Gasteiger partial charge < -0.3 is 14.6 Å². The lowest BCUT2D eigenvalue weighted by molar-refractivity contribution is 0.248. The summed E-state index contributed by atoms with van der Waals surface area (Å²) >= 11 is 0. The van der Waals surface area contributed by atoms with Crippen molar-refractivity contribution in [3.63, 3.8) is 0 Å². The molecule has 9 heteroatoms. The Bertz CT molecular complexity index is 1930. The van der Waals surface area contributed by atoms with Crippen molar-refractivity contribution in [2.45, 2.75) is 32.8 Å². The van der Waals surface area contributed by atoms with Gasteiger partial charge in [0.15, 0.2) is 11.5 Å². The van der Waals surface area contributed by atoms with Gasteiger partial charge in [-0.1, -0.05) is 54.6 Å². The maximum atomic E-state index is 13.7. The number of phenols is 1. The minimum atomic E-state index is -3.96. The van der Waals surface area contributed by atoms with Crippen molar-refractivity contribution in [2.75, 3.05) is 0 Å². The van der Waals surface area contributed by atoms with E-state index < -0.39 is 19.7 Å². The number of aromatic hydroxyl groups is 1. The number of sulfone groups is 2. The highest BCUT2D eigenvalue weighted by Gasteiger charge is 2.28. The zero-order valence-electron chi connectivity index (χ0n) is 21.6. The van der Waals surface area contributed by atoms with E-state index in [0.29, 0.717) is 11.1 Å². The predicted octanol–water partition coefficient (Wildman–Crippen LogP) is 6.20. The molecule has 206 valence electrons. The molecular formula is C32H24O7S2. The van der Waals surface area contributed by atoms with Gasteiger partial charge in [-0.15, -0.1) is 0 Å². The summed E-state index contributed by atoms with van der Waals surface area (Å²) in [5.74, 6) is 0.311. The summed E-state index contributed by atoms with van der Waals surface area (Å²) < 4.78 is 66.1. The van der Waals surface area contributed by atoms with Gasteiger partial charge in [0.05, 0.1) is 14.7 Å². The second-order valence-corrected chi connectivity index (χ2v) is 13.4. The van der Waals surface area contributed by atoms with E-state index in [2.05, 4.69) is 0 Å². The molecule has 2 bridgehead atoms. The van der Waals surface area contributed by atoms with Crippen LogP contribution in [0.3, 0.4) is 0 Å². The highest BCUT2D eigenvalue weighted by molar-refractivity contribution is 7.91. The average Bonchev–Trinajstić information content (AvgIpc) is 3.00. The van der Waals surface area contributed by atoms with Gasteiger partial charge in [0.25, 0.3) is 0 Å². The molecule has 2 heterocycles. The molecule has 0 amide bonds. The molecule has 0 fully saturated rings. The monoisotopic (exact) mass is 584 g/mol. The molecular weight excluding hydrogens is 560 g/mol. The van der Waals surface area contributed by atoms with E-state index in [1.54, 1.807) is 36.4 Å². The van der Waals surface area contributed by atoms with Crippen LogP contribution in [0, 0.1) is 0 Å². The molecule has 5 aromatic carbocycles. The summed E-state index contributed by atoms with van der Waals surface area (Å²) in [6.07, 6.45) is 0. The molecule has 1 N–H and O–H groups in total. The molecule has 7 rings (SSSR count). The molecule has 0 aromatic heterocycles. The van der Waals surface area contributed by atoms with Gasteiger partial charge in [0.1, 0.15) is 23.9 Å². The number of rotatable bonds is 5. The van der Waals surface area contributed by atoms with Crippen LogP contribution in [0.25, 0.3) is 11.1 Å². The summed E-state index contributed by atoms with van der Waals surface area (Å²) in [4.78, 5) is 0.230. The van der Waals surface area contributed by atoms with Crippen LogP contribution in [0.4, 0.5) is 0 Å². The first kappa shape index (κ1) is 26.6. The summed E-state index contributed by atoms with van der Waals surface area (Å²) in [5.41, 5.74) is 2.94. The van der Waals surface area contributed by atoms with E-state index in [0.717, 1.165) is 11.1 Å². The zero-order valence-corrected chi connectivity index (χ0v) is 23.2. The Morgan fingerprint density at radius 1 is 0.512 bits per heavy atom. The van der Waals surface area contributed by atoms with Crippen molar-refractivity contribution >= 4 is 19.7 Å². The summed E-state index contributed by atoms with van der Waals surface area (Å²) in [6, 6.07) is 30.5. The third-order valence-electron chi connectivity index (χ3n) is 6.83. The smallest absolute Gasteiger partial charge is 0.210 e. The molecule has 2 aliphatic heterocycles. The Labute approximate surface area is 238 Å². The minimum absolute atomic E-state index is 0.0241. The van der Waals surface area contributed by atoms with E-state index in [1.807, 2.05) is 24.3 Å². The van der Waals surface area contributed by atoms with E-state index >= 15 is 0 Å². The third kappa shape index (κ3) is 5.05. The van der Waals surface area contributed by atoms with Crippen LogP contribution in [-0.2, 0) is 32.9 Å². The number of hydrogen-bond acceptors (Lipinski definition) is 7. The van der Waals surface area contributed by atoms with Gasteiger partial charge in [0.2, 0.25) is 19.7 Å². The lowest BCUT2D eigenvalue weighted by Gasteiger charge is -2.21. The average molecular weight is 585 g/mol. The van der Waals surface area contributed by atoms with Crippen molar-refractivity contribution in [1.29, 1.82) is 0 Å². The zero-order chi connectivity index (χ0) is 28.6. The number of fused-ring (bicyclic) bond motifs is 4. The minimum Gasteiger partial charge on any atom is -0.508 e. The molecule has 0 saturated heterocycles. The number of phenolic OH excluding ortho intramolecular Hbond substituents is 1. The van der Waals surface area contributed by atoms with Gasteiger partial charge in [-0.25, -0.2) is 16.8 Å². The molecule has 2 aliphatic rings. The Morgan fingerprint density at radius 2 is 1.02 bits per heavy atom. The first-order chi connectivity index (χ1) is 19.7. The molecule has 5 aromatic rings. The van der Waals surface area contributed by atoms with Crippen LogP contribution < -0.4 is 9.47 Å². The van der Waals surface area contributed by atoms with Gasteiger partial charge in [-0.05, 0) is 77.4 Å². The Kier molecular flexibility index (Phi) is 6.76. The fraction of sp³-hybridized carbons (Fsp3) is 0.0625. The number of ether oxygens (including phenoxy) is 2. The summed E-state index contributed by atoms with van der Waals surface area (Å²) in [7, 11) is -7.78. The van der Waals surface area contributed by atoms with Gasteiger partial charge >= 0.3 is 0 Å². The normalized spacial score (nSPS) is 13.1. The molecule has 0 saturated carbocycles. The highest BCUT2D eigenvalue weighted by Crippen LogP contribution is 2.45. The van der Waals surface area contributed by atoms with E-state index in [1.165, 1.54) is 54.6 Å². The maximum Gasteiger partial charge on any atom is 0.210 e. The second-order valence-electron chi connectivity index (χ2n) is 9.50. The first-order valence-electron chi connectivity index (χ1n) is 12.7. The van der Waals surface area contributed by atoms with E-state index in [4.69, 9.17) is 9.47 Å². The molecule has 7 nitrogen and oxygen atoms in total.